The van der Waals surface area contributed by atoms with E-state index in [2.05, 4.69) is 81.9 Å². The lowest BCUT2D eigenvalue weighted by atomic mass is 9.74. The van der Waals surface area contributed by atoms with Gasteiger partial charge >= 0.3 is 0 Å². The molecular weight excluding hydrogens is 983 g/mol. The van der Waals surface area contributed by atoms with E-state index in [1.165, 1.54) is 78.4 Å². The molecule has 1 aromatic heterocycles. The number of amides is 3. The van der Waals surface area contributed by atoms with Crippen molar-refractivity contribution in [3.8, 4) is 0 Å². The van der Waals surface area contributed by atoms with Crippen LogP contribution in [-0.2, 0) is 41.7 Å². The fraction of sp³-hybridized carbons (Fsp3) is 0.492. The molecule has 75 heavy (non-hydrogen) atoms. The number of anilines is 4. The number of aryl methyl sites for hydroxylation is 1. The van der Waals surface area contributed by atoms with Crippen molar-refractivity contribution in [3.63, 3.8) is 0 Å². The molecule has 0 saturated carbocycles. The van der Waals surface area contributed by atoms with Crippen LogP contribution < -0.4 is 20.4 Å². The highest BCUT2D eigenvalue weighted by molar-refractivity contribution is 7.85. The van der Waals surface area contributed by atoms with Gasteiger partial charge in [-0.3, -0.25) is 28.7 Å². The van der Waals surface area contributed by atoms with Crippen molar-refractivity contribution in [2.45, 2.75) is 133 Å². The minimum Gasteiger partial charge on any atom is -0.365 e. The molecule has 0 aliphatic carbocycles. The largest absolute Gasteiger partial charge is 0.365 e. The van der Waals surface area contributed by atoms with E-state index < -0.39 is 15.5 Å². The van der Waals surface area contributed by atoms with Crippen molar-refractivity contribution in [2.24, 2.45) is 0 Å². The molecule has 0 spiro atoms. The van der Waals surface area contributed by atoms with Crippen LogP contribution in [0.4, 0.5) is 28.4 Å². The van der Waals surface area contributed by atoms with Gasteiger partial charge in [-0.25, -0.2) is 0 Å². The summed E-state index contributed by atoms with van der Waals surface area (Å²) in [4.78, 5) is 50.1. The summed E-state index contributed by atoms with van der Waals surface area (Å²) < 4.78 is 43.5. The van der Waals surface area contributed by atoms with Crippen LogP contribution in [0.15, 0.2) is 93.9 Å². The molecule has 7 aliphatic rings. The highest BCUT2D eigenvalue weighted by atomic mass is 32.2. The van der Waals surface area contributed by atoms with Crippen molar-refractivity contribution in [3.05, 3.63) is 116 Å². The summed E-state index contributed by atoms with van der Waals surface area (Å²) in [6.45, 7) is 18.1. The zero-order chi connectivity index (χ0) is 52.4. The second-order valence-corrected chi connectivity index (χ2v) is 25.2. The Bertz CT molecular complexity index is 3160. The van der Waals surface area contributed by atoms with Gasteiger partial charge in [-0.1, -0.05) is 76.6 Å². The molecule has 3 aromatic carbocycles. The van der Waals surface area contributed by atoms with E-state index in [1.807, 2.05) is 42.6 Å². The molecule has 4 aromatic rings. The lowest BCUT2D eigenvalue weighted by Gasteiger charge is -2.42. The quantitative estimate of drug-likeness (QED) is 0.0562. The van der Waals surface area contributed by atoms with Gasteiger partial charge < -0.3 is 25.2 Å². The van der Waals surface area contributed by atoms with Gasteiger partial charge in [0.15, 0.2) is 12.3 Å². The van der Waals surface area contributed by atoms with E-state index in [-0.39, 0.29) is 40.2 Å². The van der Waals surface area contributed by atoms with Gasteiger partial charge in [-0.05, 0) is 94.1 Å². The molecule has 3 N–H and O–H groups in total. The third-order valence-electron chi connectivity index (χ3n) is 17.1. The average molecular weight is 1060 g/mol. The minimum absolute atomic E-state index is 0.0120. The fourth-order valence-electron chi connectivity index (χ4n) is 13.3. The topological polar surface area (TPSA) is 155 Å². The van der Waals surface area contributed by atoms with Gasteiger partial charge in [0.25, 0.3) is 16.0 Å². The molecule has 2 unspecified atom stereocenters. The predicted molar refractivity (Wildman–Crippen MR) is 296 cm³/mol. The minimum atomic E-state index is -4.35. The van der Waals surface area contributed by atoms with Crippen molar-refractivity contribution in [2.75, 3.05) is 74.0 Å². The number of hydrogen-bond donors (Lipinski definition) is 3. The summed E-state index contributed by atoms with van der Waals surface area (Å²) >= 11 is 1.50. The van der Waals surface area contributed by atoms with Gasteiger partial charge in [0.05, 0.1) is 58.1 Å². The van der Waals surface area contributed by atoms with Gasteiger partial charge in [-0.2, -0.15) is 13.0 Å². The number of ether oxygens (including phenoxy) is 1. The molecule has 3 amide bonds. The molecule has 0 radical (unpaired) electrons. The van der Waals surface area contributed by atoms with E-state index in [0.717, 1.165) is 110 Å². The Labute approximate surface area is 446 Å². The van der Waals surface area contributed by atoms with E-state index >= 15 is 0 Å². The molecule has 396 valence electrons. The standard InChI is InChI=1S/C59H71N7O7S2/c1-38-54-43(37-74-38)57(69)61-46-16-12-13-17-49(46)66(54)53(68)36-63-30-28-62(29-31-63)25-15-11-9-7-6-8-10-14-24-60-52(67)33-39-18-20-47-44(32-39)58(2,3)55-41-35-42-51(73-50(41)22-26-64(47)55)23-27-65-48-21-19-40(75(70,71)72)34-45(48)59(4,5)56(42)65/h12-13,16-21,32,34-35,37,50-51H,6-11,14-15,22-31,33,36H2,1-5H3,(H2-,60,61,67,69,70,71,72)/p+1. The highest BCUT2D eigenvalue weighted by Gasteiger charge is 2.55. The fourth-order valence-corrected chi connectivity index (χ4v) is 14.6. The lowest BCUT2D eigenvalue weighted by molar-refractivity contribution is -0.445. The zero-order valence-electron chi connectivity index (χ0n) is 44.2. The number of carbonyl (C=O) groups is 3. The van der Waals surface area contributed by atoms with Crippen molar-refractivity contribution in [1.29, 1.82) is 0 Å². The van der Waals surface area contributed by atoms with Gasteiger partial charge in [0, 0.05) is 95.5 Å². The van der Waals surface area contributed by atoms with Crippen LogP contribution in [0.1, 0.15) is 124 Å². The molecule has 2 atom stereocenters. The number of carbonyl (C=O) groups excluding carboxylic acids is 3. The summed E-state index contributed by atoms with van der Waals surface area (Å²) in [5, 5.41) is 8.04. The monoisotopic (exact) mass is 1050 g/mol. The number of benzene rings is 3. The molecule has 7 aliphatic heterocycles. The first kappa shape index (κ1) is 51.6. The van der Waals surface area contributed by atoms with E-state index in [9.17, 15) is 27.4 Å². The number of piperazine rings is 1. The number of nitrogens with one attached hydrogen (secondary N) is 2. The van der Waals surface area contributed by atoms with Crippen LogP contribution in [-0.4, -0.2) is 122 Å². The molecule has 11 rings (SSSR count). The number of fused-ring (bicyclic) bond motifs is 10. The first-order chi connectivity index (χ1) is 36.0. The summed E-state index contributed by atoms with van der Waals surface area (Å²) in [6, 6.07) is 19.0. The molecule has 1 fully saturated rings. The number of thiophene rings is 1. The second-order valence-electron chi connectivity index (χ2n) is 22.7. The first-order valence-corrected chi connectivity index (χ1v) is 29.6. The molecular formula is C59H72N7O7S2+. The Morgan fingerprint density at radius 1 is 0.840 bits per heavy atom. The van der Waals surface area contributed by atoms with Crippen molar-refractivity contribution < 1.29 is 36.7 Å². The Hall–Kier alpha value is -5.49. The number of rotatable bonds is 16. The Morgan fingerprint density at radius 2 is 1.57 bits per heavy atom. The Kier molecular flexibility index (Phi) is 14.1. The van der Waals surface area contributed by atoms with Crippen molar-refractivity contribution in [1.82, 2.24) is 15.1 Å². The van der Waals surface area contributed by atoms with Crippen molar-refractivity contribution >= 4 is 73.3 Å². The third kappa shape index (κ3) is 9.73. The smallest absolute Gasteiger partial charge is 0.294 e. The van der Waals surface area contributed by atoms with Crippen LogP contribution in [0.25, 0.3) is 0 Å². The number of nitrogens with zero attached hydrogens (tertiary/aromatic N) is 5. The normalized spacial score (nSPS) is 21.5. The number of allylic oxidation sites excluding steroid dienone is 1. The zero-order valence-corrected chi connectivity index (χ0v) is 45.8. The van der Waals surface area contributed by atoms with Crippen LogP contribution in [0.3, 0.4) is 0 Å². The molecule has 16 heteroatoms. The number of para-hydroxylation sites is 2. The number of hydrogen-bond acceptors (Lipinski definition) is 10. The summed E-state index contributed by atoms with van der Waals surface area (Å²) in [5.74, 6) is -0.130. The Balaban J connectivity index is 0.600. The third-order valence-corrected chi connectivity index (χ3v) is 18.8. The SMILES string of the molecule is Cc1scc2c1N(C(=O)CN1CCN(CCCCCCCCCCNC(=O)Cc3ccc4c(c3)C(C)(C)C3=C5C=C6C7=[N+](CCC6OC5CCN34)c3ccc(S(=O)(=O)O)cc3C7(C)C)CC1)c1ccccc1NC2=O. The maximum absolute atomic E-state index is 13.9. The average Bonchev–Trinajstić information content (AvgIpc) is 4.05. The molecule has 8 heterocycles. The van der Waals surface area contributed by atoms with Crippen LogP contribution in [0, 0.1) is 6.92 Å². The van der Waals surface area contributed by atoms with Gasteiger partial charge in [0.1, 0.15) is 0 Å². The lowest BCUT2D eigenvalue weighted by Crippen LogP contribution is -2.49. The van der Waals surface area contributed by atoms with Crippen LogP contribution >= 0.6 is 11.3 Å². The predicted octanol–water partition coefficient (Wildman–Crippen LogP) is 9.56. The Morgan fingerprint density at radius 3 is 2.35 bits per heavy atom. The van der Waals surface area contributed by atoms with E-state index in [4.69, 9.17) is 4.74 Å². The maximum atomic E-state index is 13.9. The molecule has 14 nitrogen and oxygen atoms in total. The van der Waals surface area contributed by atoms with Crippen LogP contribution in [0.5, 0.6) is 0 Å². The molecule has 1 saturated heterocycles. The van der Waals surface area contributed by atoms with Gasteiger partial charge in [0.2, 0.25) is 17.5 Å². The summed E-state index contributed by atoms with van der Waals surface area (Å²) in [5.41, 5.74) is 11.8. The summed E-state index contributed by atoms with van der Waals surface area (Å²) in [6.07, 6.45) is 13.7. The first-order valence-electron chi connectivity index (χ1n) is 27.3. The van der Waals surface area contributed by atoms with Gasteiger partial charge in [-0.15, -0.1) is 11.3 Å². The van der Waals surface area contributed by atoms with E-state index in [1.54, 1.807) is 11.0 Å². The maximum Gasteiger partial charge on any atom is 0.294 e. The second kappa shape index (κ2) is 20.5. The number of unbranched alkanes of at least 4 members (excludes halogenated alkanes) is 7. The van der Waals surface area contributed by atoms with Crippen LogP contribution in [0.2, 0.25) is 0 Å². The highest BCUT2D eigenvalue weighted by Crippen LogP contribution is 2.54. The summed E-state index contributed by atoms with van der Waals surface area (Å²) in [7, 11) is -4.35. The molecule has 0 bridgehead atoms. The van der Waals surface area contributed by atoms with E-state index in [0.29, 0.717) is 36.4 Å².